The van der Waals surface area contributed by atoms with Gasteiger partial charge in [-0.15, -0.1) is 10.2 Å². The Hall–Kier alpha value is -6.15. The number of ketones is 1. The average molecular weight is 674 g/mol. The summed E-state index contributed by atoms with van der Waals surface area (Å²) in [6.07, 6.45) is -5.71. The van der Waals surface area contributed by atoms with E-state index in [1.807, 2.05) is 6.07 Å². The van der Waals surface area contributed by atoms with Gasteiger partial charge in [0.25, 0.3) is 6.29 Å². The number of benzene rings is 2. The van der Waals surface area contributed by atoms with Crippen LogP contribution in [0, 0.1) is 11.3 Å². The van der Waals surface area contributed by atoms with Gasteiger partial charge in [-0.3, -0.25) is 19.2 Å². The number of nitriles is 1. The van der Waals surface area contributed by atoms with E-state index in [4.69, 9.17) is 29.0 Å². The molecule has 1 aliphatic rings. The van der Waals surface area contributed by atoms with Gasteiger partial charge in [0.05, 0.1) is 35.6 Å². The highest BCUT2D eigenvalue weighted by Crippen LogP contribution is 2.40. The smallest absolute Gasteiger partial charge is 0.303 e. The molecule has 3 heterocycles. The molecular formula is C32H31N7O10. The molecule has 2 aromatic heterocycles. The molecule has 4 aromatic rings. The molecule has 254 valence electrons. The lowest BCUT2D eigenvalue weighted by Gasteiger charge is -2.43. The maximum absolute atomic E-state index is 12.1. The van der Waals surface area contributed by atoms with Gasteiger partial charge in [0.2, 0.25) is 12.0 Å². The molecule has 1 saturated heterocycles. The molecule has 0 bridgehead atoms. The second kappa shape index (κ2) is 14.7. The topological polar surface area (TPSA) is 219 Å². The fraction of sp³-hybridized carbons (Fsp3) is 0.344. The highest BCUT2D eigenvalue weighted by molar-refractivity contribution is 5.95. The molecule has 1 fully saturated rings. The third kappa shape index (κ3) is 8.05. The second-order valence-corrected chi connectivity index (χ2v) is 11.0. The molecule has 17 nitrogen and oxygen atoms in total. The van der Waals surface area contributed by atoms with Crippen molar-refractivity contribution in [3.05, 3.63) is 66.0 Å². The monoisotopic (exact) mass is 673 g/mol. The Balaban J connectivity index is 1.42. The summed E-state index contributed by atoms with van der Waals surface area (Å²) >= 11 is 0. The maximum atomic E-state index is 12.1. The van der Waals surface area contributed by atoms with Crippen LogP contribution < -0.4 is 4.84 Å². The first-order chi connectivity index (χ1) is 23.4. The number of fused-ring (bicyclic) bond motifs is 1. The van der Waals surface area contributed by atoms with Crippen molar-refractivity contribution in [3.63, 3.8) is 0 Å². The largest absolute Gasteiger partial charge is 0.493 e. The Kier molecular flexibility index (Phi) is 10.3. The quantitative estimate of drug-likeness (QED) is 0.138. The summed E-state index contributed by atoms with van der Waals surface area (Å²) < 4.78 is 23.7. The second-order valence-electron chi connectivity index (χ2n) is 11.0. The Morgan fingerprint density at radius 2 is 1.57 bits per heavy atom. The number of carbonyl (C=O) groups is 4. The predicted molar refractivity (Wildman–Crippen MR) is 165 cm³/mol. The van der Waals surface area contributed by atoms with E-state index < -0.39 is 48.6 Å². The fourth-order valence-electron chi connectivity index (χ4n) is 5.30. The molecule has 0 radical (unpaired) electrons. The number of hydrogen-bond donors (Lipinski definition) is 1. The molecule has 0 aliphatic carbocycles. The molecule has 2 aromatic carbocycles. The molecule has 17 heteroatoms. The van der Waals surface area contributed by atoms with Crippen LogP contribution in [0.1, 0.15) is 45.4 Å². The number of ether oxygens (including phenoxy) is 4. The van der Waals surface area contributed by atoms with Crippen LogP contribution in [-0.2, 0) is 44.7 Å². The number of carbonyl (C=O) groups excluding carboxylic acids is 4. The lowest BCUT2D eigenvalue weighted by molar-refractivity contribution is -0.305. The molecule has 0 spiro atoms. The Morgan fingerprint density at radius 3 is 2.22 bits per heavy atom. The summed E-state index contributed by atoms with van der Waals surface area (Å²) in [5.41, 5.74) is 2.08. The number of nitrogens with zero attached hydrogens (tertiary/aromatic N) is 7. The van der Waals surface area contributed by atoms with E-state index in [1.54, 1.807) is 53.1 Å². The number of aromatic nitrogens is 4. The number of azo groups is 1. The van der Waals surface area contributed by atoms with Crippen molar-refractivity contribution in [2.45, 2.75) is 71.4 Å². The molecule has 1 aliphatic heterocycles. The molecule has 5 atom stereocenters. The average Bonchev–Trinajstić information content (AvgIpc) is 3.60. The zero-order valence-electron chi connectivity index (χ0n) is 26.7. The lowest BCUT2D eigenvalue weighted by Crippen LogP contribution is -2.63. The van der Waals surface area contributed by atoms with Crippen molar-refractivity contribution >= 4 is 46.0 Å². The van der Waals surface area contributed by atoms with Crippen LogP contribution in [0.4, 0.5) is 11.4 Å². The molecule has 0 amide bonds. The van der Waals surface area contributed by atoms with E-state index in [2.05, 4.69) is 20.5 Å². The van der Waals surface area contributed by atoms with Crippen molar-refractivity contribution in [2.24, 2.45) is 10.2 Å². The SMILES string of the molecule is CC(=O)C[C@H]1O[C@@H](On2cc(Cn3c(O)c(N=Nc4ccc(C#N)cc4)c4ccccc43)nn2)[C@H](OC(C)=O)[C@@H](OC(C)=O)[C@H]1OC(C)=O. The summed E-state index contributed by atoms with van der Waals surface area (Å²) in [5.74, 6) is -2.84. The predicted octanol–water partition coefficient (Wildman–Crippen LogP) is 3.20. The van der Waals surface area contributed by atoms with Crippen molar-refractivity contribution in [1.29, 1.82) is 5.26 Å². The van der Waals surface area contributed by atoms with E-state index in [0.29, 0.717) is 27.8 Å². The third-order valence-corrected chi connectivity index (χ3v) is 7.22. The summed E-state index contributed by atoms with van der Waals surface area (Å²) in [5, 5.41) is 37.4. The summed E-state index contributed by atoms with van der Waals surface area (Å²) in [6, 6.07) is 15.6. The van der Waals surface area contributed by atoms with Crippen LogP contribution in [0.2, 0.25) is 0 Å². The maximum Gasteiger partial charge on any atom is 0.303 e. The van der Waals surface area contributed by atoms with Gasteiger partial charge in [0, 0.05) is 32.6 Å². The molecule has 5 rings (SSSR count). The van der Waals surface area contributed by atoms with E-state index in [0.717, 1.165) is 25.6 Å². The molecule has 49 heavy (non-hydrogen) atoms. The van der Waals surface area contributed by atoms with Gasteiger partial charge in [0.15, 0.2) is 17.9 Å². The minimum Gasteiger partial charge on any atom is -0.493 e. The fourth-order valence-corrected chi connectivity index (χ4v) is 5.30. The number of aromatic hydroxyl groups is 1. The van der Waals surface area contributed by atoms with Gasteiger partial charge in [-0.1, -0.05) is 23.0 Å². The number of para-hydroxylation sites is 1. The summed E-state index contributed by atoms with van der Waals surface area (Å²) in [6.45, 7) is 4.66. The zero-order chi connectivity index (χ0) is 35.2. The minimum absolute atomic E-state index is 0.00144. The zero-order valence-corrected chi connectivity index (χ0v) is 26.7. The first-order valence-corrected chi connectivity index (χ1v) is 14.9. The number of rotatable bonds is 11. The van der Waals surface area contributed by atoms with Gasteiger partial charge < -0.3 is 33.5 Å². The van der Waals surface area contributed by atoms with E-state index >= 15 is 0 Å². The van der Waals surface area contributed by atoms with E-state index in [1.165, 1.54) is 13.1 Å². The van der Waals surface area contributed by atoms with Gasteiger partial charge in [-0.25, -0.2) is 0 Å². The molecule has 0 unspecified atom stereocenters. The van der Waals surface area contributed by atoms with Crippen LogP contribution >= 0.6 is 0 Å². The van der Waals surface area contributed by atoms with Crippen LogP contribution in [-0.4, -0.2) is 79.2 Å². The highest BCUT2D eigenvalue weighted by atomic mass is 16.8. The Bertz CT molecular complexity index is 1950. The van der Waals surface area contributed by atoms with Crippen molar-refractivity contribution < 1.29 is 48.1 Å². The Labute approximate surface area is 278 Å². The van der Waals surface area contributed by atoms with Crippen molar-refractivity contribution in [2.75, 3.05) is 0 Å². The van der Waals surface area contributed by atoms with Crippen molar-refractivity contribution in [3.8, 4) is 11.9 Å². The molecular weight excluding hydrogens is 642 g/mol. The number of esters is 3. The van der Waals surface area contributed by atoms with Crippen LogP contribution in [0.25, 0.3) is 10.9 Å². The van der Waals surface area contributed by atoms with E-state index in [-0.39, 0.29) is 30.3 Å². The first kappa shape index (κ1) is 34.2. The number of hydrogen-bond acceptors (Lipinski definition) is 15. The van der Waals surface area contributed by atoms with Crippen LogP contribution in [0.3, 0.4) is 0 Å². The first-order valence-electron chi connectivity index (χ1n) is 14.9. The van der Waals surface area contributed by atoms with Crippen LogP contribution in [0.15, 0.2) is 65.0 Å². The normalized spacial score (nSPS) is 20.4. The third-order valence-electron chi connectivity index (χ3n) is 7.22. The highest BCUT2D eigenvalue weighted by Gasteiger charge is 2.53. The molecule has 0 saturated carbocycles. The summed E-state index contributed by atoms with van der Waals surface area (Å²) in [7, 11) is 0. The lowest BCUT2D eigenvalue weighted by atomic mass is 9.95. The summed E-state index contributed by atoms with van der Waals surface area (Å²) in [4.78, 5) is 55.0. The van der Waals surface area contributed by atoms with Gasteiger partial charge in [-0.05, 0) is 42.5 Å². The van der Waals surface area contributed by atoms with Gasteiger partial charge >= 0.3 is 17.9 Å². The van der Waals surface area contributed by atoms with E-state index in [9.17, 15) is 24.3 Å². The number of Topliss-reactive ketones (excluding diaryl/α,β-unsaturated/α-hetero) is 1. The van der Waals surface area contributed by atoms with Crippen LogP contribution in [0.5, 0.6) is 5.88 Å². The standard InChI is InChI=1S/C32H31N7O10/c1-17(40)13-26-28(45-18(2)41)29(46-19(3)42)30(47-20(4)43)32(48-26)49-39-16-23(35-37-39)15-38-25-8-6-5-7-24(25)27(31(38)44)36-34-22-11-9-21(14-33)10-12-22/h5-12,16,26,28-30,32,44H,13,15H2,1-4H3/t26-,28+,29+,30-,32+/m1/s1. The van der Waals surface area contributed by atoms with Gasteiger partial charge in [-0.2, -0.15) is 10.4 Å². The Morgan fingerprint density at radius 1 is 0.918 bits per heavy atom. The minimum atomic E-state index is -1.51. The van der Waals surface area contributed by atoms with Gasteiger partial charge in [0.1, 0.15) is 17.6 Å². The van der Waals surface area contributed by atoms with Crippen molar-refractivity contribution in [1.82, 2.24) is 19.7 Å². The molecule has 1 N–H and O–H groups in total.